The first-order chi connectivity index (χ1) is 11.8. The van der Waals surface area contributed by atoms with Gasteiger partial charge in [0.15, 0.2) is 0 Å². The maximum atomic E-state index is 6.34. The number of nitrogens with zero attached hydrogens (tertiary/aromatic N) is 3. The Morgan fingerprint density at radius 3 is 3.21 bits per heavy atom. The van der Waals surface area contributed by atoms with Gasteiger partial charge in [-0.3, -0.25) is 9.88 Å². The van der Waals surface area contributed by atoms with Crippen molar-refractivity contribution in [3.05, 3.63) is 53.4 Å². The van der Waals surface area contributed by atoms with E-state index in [0.29, 0.717) is 6.04 Å². The lowest BCUT2D eigenvalue weighted by atomic mass is 10.0. The molecule has 2 N–H and O–H groups in total. The Bertz CT molecular complexity index is 817. The molecule has 124 valence electrons. The lowest BCUT2D eigenvalue weighted by Gasteiger charge is -2.33. The zero-order valence-electron chi connectivity index (χ0n) is 13.4. The van der Waals surface area contributed by atoms with Crippen molar-refractivity contribution in [2.24, 2.45) is 0 Å². The number of piperidine rings is 1. The van der Waals surface area contributed by atoms with E-state index in [1.54, 1.807) is 0 Å². The van der Waals surface area contributed by atoms with E-state index < -0.39 is 0 Å². The summed E-state index contributed by atoms with van der Waals surface area (Å²) in [5, 5.41) is 5.24. The molecule has 5 nitrogen and oxygen atoms in total. The maximum absolute atomic E-state index is 6.34. The van der Waals surface area contributed by atoms with Gasteiger partial charge in [0.25, 0.3) is 0 Å². The molecule has 1 aliphatic heterocycles. The predicted octanol–water partition coefficient (Wildman–Crippen LogP) is 3.69. The number of rotatable bonds is 4. The van der Waals surface area contributed by atoms with Gasteiger partial charge in [-0.2, -0.15) is 0 Å². The highest BCUT2D eigenvalue weighted by molar-refractivity contribution is 6.35. The molecule has 0 aromatic carbocycles. The summed E-state index contributed by atoms with van der Waals surface area (Å²) in [4.78, 5) is 14.4. The summed E-state index contributed by atoms with van der Waals surface area (Å²) < 4.78 is 0. The molecule has 1 atom stereocenters. The van der Waals surface area contributed by atoms with Gasteiger partial charge in [-0.05, 0) is 43.1 Å². The van der Waals surface area contributed by atoms with Crippen LogP contribution < -0.4 is 5.32 Å². The van der Waals surface area contributed by atoms with E-state index in [0.717, 1.165) is 47.9 Å². The van der Waals surface area contributed by atoms with Crippen LogP contribution >= 0.6 is 11.6 Å². The highest BCUT2D eigenvalue weighted by Gasteiger charge is 2.20. The van der Waals surface area contributed by atoms with E-state index in [4.69, 9.17) is 11.6 Å². The number of halogens is 1. The second kappa shape index (κ2) is 6.79. The summed E-state index contributed by atoms with van der Waals surface area (Å²) in [5.74, 6) is 0.836. The minimum atomic E-state index is 0.381. The van der Waals surface area contributed by atoms with Crippen LogP contribution in [0.5, 0.6) is 0 Å². The first-order valence-corrected chi connectivity index (χ1v) is 8.67. The fourth-order valence-corrected chi connectivity index (χ4v) is 3.60. The molecule has 0 bridgehead atoms. The third-order valence-electron chi connectivity index (χ3n) is 4.46. The highest BCUT2D eigenvalue weighted by atomic mass is 35.5. The standard InChI is InChI=1S/C18H20ClN5/c19-16-9-17(23-18-15(16)5-7-21-18)22-14-4-2-8-24(12-14)11-13-3-1-6-20-10-13/h1,3,5-7,9-10,14H,2,4,8,11-12H2,(H2,21,22,23)/t14-/m1/s1. The first kappa shape index (κ1) is 15.4. The number of likely N-dealkylation sites (tertiary alicyclic amines) is 1. The quantitative estimate of drug-likeness (QED) is 0.760. The molecule has 1 saturated heterocycles. The molecule has 0 spiro atoms. The van der Waals surface area contributed by atoms with Gasteiger partial charge in [0.1, 0.15) is 11.5 Å². The molecule has 4 rings (SSSR count). The number of hydrogen-bond acceptors (Lipinski definition) is 4. The Hall–Kier alpha value is -2.11. The number of pyridine rings is 2. The molecule has 0 radical (unpaired) electrons. The number of aromatic amines is 1. The Kier molecular flexibility index (Phi) is 4.36. The molecule has 0 unspecified atom stereocenters. The van der Waals surface area contributed by atoms with Crippen LogP contribution in [0.1, 0.15) is 18.4 Å². The summed E-state index contributed by atoms with van der Waals surface area (Å²) in [6.07, 6.45) is 7.94. The SMILES string of the molecule is Clc1cc(N[C@@H]2CCCN(Cc3cccnc3)C2)nc2[nH]ccc12. The summed E-state index contributed by atoms with van der Waals surface area (Å²) in [7, 11) is 0. The van der Waals surface area contributed by atoms with Gasteiger partial charge >= 0.3 is 0 Å². The molecule has 0 saturated carbocycles. The lowest BCUT2D eigenvalue weighted by molar-refractivity contribution is 0.208. The largest absolute Gasteiger partial charge is 0.366 e. The lowest BCUT2D eigenvalue weighted by Crippen LogP contribution is -2.41. The minimum absolute atomic E-state index is 0.381. The summed E-state index contributed by atoms with van der Waals surface area (Å²) >= 11 is 6.34. The van der Waals surface area contributed by atoms with Crippen LogP contribution in [0.15, 0.2) is 42.9 Å². The van der Waals surface area contributed by atoms with Crippen LogP contribution in [0, 0.1) is 0 Å². The number of H-pyrrole nitrogens is 1. The van der Waals surface area contributed by atoms with Crippen molar-refractivity contribution < 1.29 is 0 Å². The molecule has 6 heteroatoms. The van der Waals surface area contributed by atoms with Crippen molar-refractivity contribution in [1.82, 2.24) is 19.9 Å². The fraction of sp³-hybridized carbons (Fsp3) is 0.333. The number of fused-ring (bicyclic) bond motifs is 1. The van der Waals surface area contributed by atoms with Crippen LogP contribution in [0.3, 0.4) is 0 Å². The molecular weight excluding hydrogens is 322 g/mol. The van der Waals surface area contributed by atoms with Crippen molar-refractivity contribution in [2.45, 2.75) is 25.4 Å². The third kappa shape index (κ3) is 3.37. The third-order valence-corrected chi connectivity index (χ3v) is 4.78. The summed E-state index contributed by atoms with van der Waals surface area (Å²) in [6.45, 7) is 3.06. The molecule has 4 heterocycles. The van der Waals surface area contributed by atoms with E-state index in [9.17, 15) is 0 Å². The molecule has 1 aliphatic rings. The Balaban J connectivity index is 1.44. The van der Waals surface area contributed by atoms with Gasteiger partial charge in [-0.1, -0.05) is 17.7 Å². The van der Waals surface area contributed by atoms with Gasteiger partial charge < -0.3 is 10.3 Å². The molecule has 3 aromatic heterocycles. The van der Waals surface area contributed by atoms with E-state index >= 15 is 0 Å². The van der Waals surface area contributed by atoms with Crippen molar-refractivity contribution in [3.8, 4) is 0 Å². The molecule has 3 aromatic rings. The van der Waals surface area contributed by atoms with E-state index in [-0.39, 0.29) is 0 Å². The number of hydrogen-bond donors (Lipinski definition) is 2. The summed E-state index contributed by atoms with van der Waals surface area (Å²) in [6, 6.07) is 8.37. The van der Waals surface area contributed by atoms with Crippen molar-refractivity contribution >= 4 is 28.5 Å². The van der Waals surface area contributed by atoms with E-state index in [2.05, 4.69) is 31.2 Å². The molecular formula is C18H20ClN5. The molecule has 0 aliphatic carbocycles. The van der Waals surface area contributed by atoms with E-state index in [1.807, 2.05) is 36.8 Å². The summed E-state index contributed by atoms with van der Waals surface area (Å²) in [5.41, 5.74) is 2.08. The van der Waals surface area contributed by atoms with Gasteiger partial charge in [-0.15, -0.1) is 0 Å². The van der Waals surface area contributed by atoms with Crippen LogP contribution in [-0.2, 0) is 6.54 Å². The monoisotopic (exact) mass is 341 g/mol. The second-order valence-corrected chi connectivity index (χ2v) is 6.72. The average molecular weight is 342 g/mol. The Morgan fingerprint density at radius 1 is 1.38 bits per heavy atom. The fourth-order valence-electron chi connectivity index (χ4n) is 3.35. The van der Waals surface area contributed by atoms with Crippen LogP contribution in [0.25, 0.3) is 11.0 Å². The topological polar surface area (TPSA) is 56.8 Å². The van der Waals surface area contributed by atoms with Crippen molar-refractivity contribution in [2.75, 3.05) is 18.4 Å². The van der Waals surface area contributed by atoms with Gasteiger partial charge in [-0.25, -0.2) is 4.98 Å². The van der Waals surface area contributed by atoms with E-state index in [1.165, 1.54) is 12.0 Å². The Morgan fingerprint density at radius 2 is 2.33 bits per heavy atom. The first-order valence-electron chi connectivity index (χ1n) is 8.29. The average Bonchev–Trinajstić information content (AvgIpc) is 3.05. The zero-order chi connectivity index (χ0) is 16.4. The van der Waals surface area contributed by atoms with Crippen molar-refractivity contribution in [3.63, 3.8) is 0 Å². The Labute approximate surface area is 146 Å². The van der Waals surface area contributed by atoms with Crippen LogP contribution in [0.2, 0.25) is 5.02 Å². The number of nitrogens with one attached hydrogen (secondary N) is 2. The predicted molar refractivity (Wildman–Crippen MR) is 97.3 cm³/mol. The van der Waals surface area contributed by atoms with Gasteiger partial charge in [0.2, 0.25) is 0 Å². The molecule has 1 fully saturated rings. The maximum Gasteiger partial charge on any atom is 0.141 e. The smallest absolute Gasteiger partial charge is 0.141 e. The second-order valence-electron chi connectivity index (χ2n) is 6.31. The van der Waals surface area contributed by atoms with Crippen LogP contribution in [0.4, 0.5) is 5.82 Å². The zero-order valence-corrected chi connectivity index (χ0v) is 14.1. The van der Waals surface area contributed by atoms with Gasteiger partial charge in [0.05, 0.1) is 5.02 Å². The number of aromatic nitrogens is 3. The molecule has 0 amide bonds. The van der Waals surface area contributed by atoms with Crippen LogP contribution in [-0.4, -0.2) is 39.0 Å². The highest BCUT2D eigenvalue weighted by Crippen LogP contribution is 2.25. The van der Waals surface area contributed by atoms with Gasteiger partial charge in [0, 0.05) is 43.1 Å². The normalized spacial score (nSPS) is 18.8. The molecule has 24 heavy (non-hydrogen) atoms. The minimum Gasteiger partial charge on any atom is -0.366 e. The number of anilines is 1. The van der Waals surface area contributed by atoms with Crippen molar-refractivity contribution in [1.29, 1.82) is 0 Å².